The summed E-state index contributed by atoms with van der Waals surface area (Å²) in [5.74, 6) is 0.0759. The summed E-state index contributed by atoms with van der Waals surface area (Å²) in [5, 5.41) is 6.68. The second-order valence-electron chi connectivity index (χ2n) is 11.4. The van der Waals surface area contributed by atoms with E-state index in [-0.39, 0.29) is 35.5 Å². The van der Waals surface area contributed by atoms with E-state index in [9.17, 15) is 18.0 Å². The Bertz CT molecular complexity index is 1540. The van der Waals surface area contributed by atoms with Gasteiger partial charge in [-0.2, -0.15) is 0 Å². The molecular formula is C29H35ClN4O6S. The molecule has 0 saturated heterocycles. The van der Waals surface area contributed by atoms with Gasteiger partial charge in [-0.3, -0.25) is 0 Å². The molecule has 220 valence electrons. The Morgan fingerprint density at radius 1 is 1.05 bits per heavy atom. The quantitative estimate of drug-likeness (QED) is 0.279. The third-order valence-electron chi connectivity index (χ3n) is 6.39. The van der Waals surface area contributed by atoms with Crippen molar-refractivity contribution < 1.29 is 27.5 Å². The largest absolute Gasteiger partial charge is 0.445 e. The van der Waals surface area contributed by atoms with Gasteiger partial charge in [0.2, 0.25) is 10.0 Å². The molecule has 1 aliphatic rings. The van der Waals surface area contributed by atoms with Crippen LogP contribution in [0.2, 0.25) is 5.15 Å². The van der Waals surface area contributed by atoms with Gasteiger partial charge in [0.25, 0.3) is 0 Å². The highest BCUT2D eigenvalue weighted by atomic mass is 35.5. The number of ether oxygens (including phenoxy) is 2. The molecule has 2 atom stereocenters. The molecule has 0 bridgehead atoms. The second-order valence-corrected chi connectivity index (χ2v) is 13.5. The Balaban J connectivity index is 1.75. The highest BCUT2D eigenvalue weighted by Gasteiger charge is 2.38. The Morgan fingerprint density at radius 3 is 2.39 bits per heavy atom. The molecule has 2 amide bonds. The maximum Gasteiger partial charge on any atom is 0.408 e. The molecule has 0 aliphatic heterocycles. The van der Waals surface area contributed by atoms with Gasteiger partial charge in [-0.25, -0.2) is 27.7 Å². The van der Waals surface area contributed by atoms with Crippen LogP contribution in [0.1, 0.15) is 69.8 Å². The van der Waals surface area contributed by atoms with Crippen LogP contribution in [0.4, 0.5) is 9.59 Å². The number of fused-ring (bicyclic) bond motifs is 3. The number of hydrogen-bond donors (Lipinski definition) is 3. The van der Waals surface area contributed by atoms with Crippen molar-refractivity contribution in [3.8, 4) is 0 Å². The van der Waals surface area contributed by atoms with Gasteiger partial charge < -0.3 is 20.1 Å². The third-order valence-corrected chi connectivity index (χ3v) is 8.06. The molecule has 1 aliphatic carbocycles. The lowest BCUT2D eigenvalue weighted by Gasteiger charge is -2.23. The first-order valence-electron chi connectivity index (χ1n) is 13.3. The topological polar surface area (TPSA) is 136 Å². The molecule has 10 nitrogen and oxygen atoms in total. The van der Waals surface area contributed by atoms with E-state index in [1.54, 1.807) is 20.8 Å². The van der Waals surface area contributed by atoms with Crippen LogP contribution in [0.25, 0.3) is 10.8 Å². The van der Waals surface area contributed by atoms with E-state index >= 15 is 0 Å². The van der Waals surface area contributed by atoms with Crippen molar-refractivity contribution in [1.82, 2.24) is 20.3 Å². The van der Waals surface area contributed by atoms with Gasteiger partial charge in [0.15, 0.2) is 0 Å². The third kappa shape index (κ3) is 7.66. The summed E-state index contributed by atoms with van der Waals surface area (Å²) >= 11 is 6.21. The lowest BCUT2D eigenvalue weighted by molar-refractivity contribution is 0.0502. The number of nitrogens with zero attached hydrogens (tertiary/aromatic N) is 1. The van der Waals surface area contributed by atoms with E-state index in [0.717, 1.165) is 5.56 Å². The number of pyridine rings is 1. The van der Waals surface area contributed by atoms with Crippen LogP contribution in [0.5, 0.6) is 0 Å². The number of sulfonamides is 1. The van der Waals surface area contributed by atoms with Gasteiger partial charge in [-0.05, 0) is 61.9 Å². The Morgan fingerprint density at radius 2 is 1.73 bits per heavy atom. The Hall–Kier alpha value is -3.41. The normalized spacial score (nSPS) is 16.9. The first-order valence-corrected chi connectivity index (χ1v) is 15.2. The smallest absolute Gasteiger partial charge is 0.408 e. The fourth-order valence-corrected chi connectivity index (χ4v) is 6.27. The van der Waals surface area contributed by atoms with Crippen molar-refractivity contribution in [3.05, 3.63) is 70.5 Å². The second kappa shape index (κ2) is 12.2. The molecule has 0 fully saturated rings. The van der Waals surface area contributed by atoms with E-state index < -0.39 is 39.9 Å². The first-order chi connectivity index (χ1) is 19.2. The summed E-state index contributed by atoms with van der Waals surface area (Å²) in [6, 6.07) is 10.9. The number of hydrogen-bond acceptors (Lipinski definition) is 7. The molecule has 0 radical (unpaired) electrons. The number of alkyl carbamates (subject to hydrolysis) is 2. The number of nitrogens with one attached hydrogen (secondary N) is 3. The number of rotatable bonds is 8. The predicted molar refractivity (Wildman–Crippen MR) is 156 cm³/mol. The molecule has 0 spiro atoms. The number of aromatic nitrogens is 1. The van der Waals surface area contributed by atoms with Crippen molar-refractivity contribution in [1.29, 1.82) is 0 Å². The summed E-state index contributed by atoms with van der Waals surface area (Å²) in [6.45, 7) is 9.36. The average Bonchev–Trinajstić information content (AvgIpc) is 3.21. The number of benzene rings is 2. The number of carbonyl (C=O) groups is 2. The predicted octanol–water partition coefficient (Wildman–Crippen LogP) is 5.76. The van der Waals surface area contributed by atoms with Crippen LogP contribution >= 0.6 is 11.6 Å². The number of carbonyl (C=O) groups excluding carboxylic acids is 2. The number of halogens is 1. The van der Waals surface area contributed by atoms with Crippen molar-refractivity contribution in [2.75, 3.05) is 6.54 Å². The zero-order valence-corrected chi connectivity index (χ0v) is 25.2. The molecule has 2 aromatic carbocycles. The van der Waals surface area contributed by atoms with Crippen molar-refractivity contribution in [2.45, 2.75) is 70.2 Å². The van der Waals surface area contributed by atoms with Gasteiger partial charge in [-0.15, -0.1) is 0 Å². The molecule has 1 heterocycles. The zero-order valence-electron chi connectivity index (χ0n) is 23.7. The fourth-order valence-electron chi connectivity index (χ4n) is 4.66. The monoisotopic (exact) mass is 602 g/mol. The Labute approximate surface area is 245 Å². The molecule has 12 heteroatoms. The van der Waals surface area contributed by atoms with Crippen molar-refractivity contribution in [2.24, 2.45) is 5.92 Å². The van der Waals surface area contributed by atoms with E-state index in [1.165, 1.54) is 18.3 Å². The highest BCUT2D eigenvalue weighted by molar-refractivity contribution is 7.89. The van der Waals surface area contributed by atoms with Crippen LogP contribution in [0.15, 0.2) is 53.6 Å². The maximum absolute atomic E-state index is 13.5. The molecule has 0 saturated carbocycles. The molecule has 3 aromatic rings. The van der Waals surface area contributed by atoms with E-state index in [2.05, 4.69) is 20.3 Å². The molecule has 2 unspecified atom stereocenters. The van der Waals surface area contributed by atoms with Crippen LogP contribution < -0.4 is 15.4 Å². The number of amides is 2. The molecule has 41 heavy (non-hydrogen) atoms. The van der Waals surface area contributed by atoms with E-state index in [0.29, 0.717) is 21.9 Å². The summed E-state index contributed by atoms with van der Waals surface area (Å²) in [6.07, 6.45) is 0.388. The molecule has 3 N–H and O–H groups in total. The van der Waals surface area contributed by atoms with Crippen LogP contribution in [-0.4, -0.2) is 37.7 Å². The summed E-state index contributed by atoms with van der Waals surface area (Å²) in [7, 11) is -3.98. The minimum Gasteiger partial charge on any atom is -0.445 e. The minimum absolute atomic E-state index is 0.00132. The van der Waals surface area contributed by atoms with Crippen molar-refractivity contribution in [3.63, 3.8) is 0 Å². The lowest BCUT2D eigenvalue weighted by Crippen LogP contribution is -2.35. The SMILES string of the molecule is CC(C)CNS(=O)(=O)c1cc2c(c3cnc(Cl)cc13)C(NC(=O)OC(C)(C)C)CC2NC(=O)OCc1ccccc1. The summed E-state index contributed by atoms with van der Waals surface area (Å²) in [4.78, 5) is 29.8. The Kier molecular flexibility index (Phi) is 9.10. The standard InChI is InChI=1S/C29H35ClN4O6S/c1-17(2)14-32-41(37,38)24-11-20-22(33-27(35)39-16-18-9-7-6-8-10-18)13-23(34-28(36)40-29(3,4)5)26(20)21-15-31-25(30)12-19(21)24/h6-12,15,17,22-23,32H,13-14,16H2,1-5H3,(H,33,35)(H,34,36). The lowest BCUT2D eigenvalue weighted by atomic mass is 10.00. The van der Waals surface area contributed by atoms with Crippen molar-refractivity contribution >= 4 is 44.6 Å². The van der Waals surface area contributed by atoms with Crippen LogP contribution in [-0.2, 0) is 26.1 Å². The van der Waals surface area contributed by atoms with Gasteiger partial charge in [0.05, 0.1) is 17.0 Å². The summed E-state index contributed by atoms with van der Waals surface area (Å²) in [5.41, 5.74) is 1.22. The summed E-state index contributed by atoms with van der Waals surface area (Å²) < 4.78 is 40.5. The fraction of sp³-hybridized carbons (Fsp3) is 0.414. The average molecular weight is 603 g/mol. The van der Waals surface area contributed by atoms with E-state index in [1.807, 2.05) is 44.2 Å². The van der Waals surface area contributed by atoms with Gasteiger partial charge in [0.1, 0.15) is 17.4 Å². The van der Waals surface area contributed by atoms with Crippen LogP contribution in [0.3, 0.4) is 0 Å². The van der Waals surface area contributed by atoms with E-state index in [4.69, 9.17) is 21.1 Å². The maximum atomic E-state index is 13.5. The van der Waals surface area contributed by atoms with Gasteiger partial charge >= 0.3 is 12.2 Å². The first kappa shape index (κ1) is 30.5. The van der Waals surface area contributed by atoms with Crippen LogP contribution in [0, 0.1) is 5.92 Å². The van der Waals surface area contributed by atoms with Gasteiger partial charge in [-0.1, -0.05) is 55.8 Å². The molecule has 4 rings (SSSR count). The molecule has 1 aromatic heterocycles. The zero-order chi connectivity index (χ0) is 29.9. The molecular weight excluding hydrogens is 568 g/mol. The highest BCUT2D eigenvalue weighted by Crippen LogP contribution is 2.45. The van der Waals surface area contributed by atoms with Gasteiger partial charge in [0, 0.05) is 23.5 Å². The minimum atomic E-state index is -3.98.